The lowest BCUT2D eigenvalue weighted by molar-refractivity contribution is -0.121. The highest BCUT2D eigenvalue weighted by Crippen LogP contribution is 2.29. The number of carbonyl (C=O) groups is 2. The van der Waals surface area contributed by atoms with Crippen LogP contribution in [-0.2, 0) is 4.79 Å². The smallest absolute Gasteiger partial charge is 0.257 e. The Balaban J connectivity index is 1.57. The van der Waals surface area contributed by atoms with E-state index >= 15 is 0 Å². The molecule has 0 aliphatic carbocycles. The zero-order chi connectivity index (χ0) is 16.5. The molecule has 2 bridgehead atoms. The summed E-state index contributed by atoms with van der Waals surface area (Å²) < 4.78 is 0. The van der Waals surface area contributed by atoms with Gasteiger partial charge in [-0.25, -0.2) is 9.97 Å². The molecular weight excluding hydrogens is 306 g/mol. The van der Waals surface area contributed by atoms with Gasteiger partial charge in [0, 0.05) is 55.4 Å². The van der Waals surface area contributed by atoms with E-state index in [4.69, 9.17) is 0 Å². The van der Waals surface area contributed by atoms with Gasteiger partial charge in [-0.2, -0.15) is 0 Å². The molecule has 0 spiro atoms. The molecule has 0 unspecified atom stereocenters. The van der Waals surface area contributed by atoms with Crippen LogP contribution in [0.5, 0.6) is 0 Å². The summed E-state index contributed by atoms with van der Waals surface area (Å²) in [5, 5.41) is 2.87. The van der Waals surface area contributed by atoms with Crippen molar-refractivity contribution in [1.82, 2.24) is 25.2 Å². The average molecular weight is 323 g/mol. The molecule has 0 saturated carbocycles. The van der Waals surface area contributed by atoms with E-state index in [0.717, 1.165) is 18.4 Å². The molecule has 2 aliphatic heterocycles. The Bertz CT molecular complexity index is 762. The van der Waals surface area contributed by atoms with Gasteiger partial charge in [-0.1, -0.05) is 0 Å². The number of hydrogen-bond donors (Lipinski definition) is 1. The highest BCUT2D eigenvalue weighted by Gasteiger charge is 2.40. The predicted octanol–water partition coefficient (Wildman–Crippen LogP) is 1.03. The normalized spacial score (nSPS) is 22.8. The Hall–Kier alpha value is -2.83. The van der Waals surface area contributed by atoms with Crippen molar-refractivity contribution >= 4 is 11.8 Å². The maximum absolute atomic E-state index is 12.9. The van der Waals surface area contributed by atoms with Crippen LogP contribution in [0, 0.1) is 0 Å². The highest BCUT2D eigenvalue weighted by atomic mass is 16.2. The molecular formula is C17H17N5O2. The van der Waals surface area contributed by atoms with Crippen LogP contribution in [0.15, 0.2) is 36.9 Å². The minimum absolute atomic E-state index is 0.0179. The van der Waals surface area contributed by atoms with Gasteiger partial charge >= 0.3 is 0 Å². The van der Waals surface area contributed by atoms with Crippen LogP contribution in [0.3, 0.4) is 0 Å². The van der Waals surface area contributed by atoms with Crippen LogP contribution >= 0.6 is 0 Å². The monoisotopic (exact) mass is 323 g/mol. The van der Waals surface area contributed by atoms with Gasteiger partial charge in [0.1, 0.15) is 0 Å². The molecule has 0 aromatic carbocycles. The Kier molecular flexibility index (Phi) is 3.68. The minimum Gasteiger partial charge on any atom is -0.354 e. The maximum Gasteiger partial charge on any atom is 0.257 e. The Morgan fingerprint density at radius 1 is 1.12 bits per heavy atom. The topological polar surface area (TPSA) is 88.1 Å². The van der Waals surface area contributed by atoms with Crippen molar-refractivity contribution in [2.24, 2.45) is 0 Å². The number of nitrogens with zero attached hydrogens (tertiary/aromatic N) is 4. The fraction of sp³-hybridized carbons (Fsp3) is 0.353. The lowest BCUT2D eigenvalue weighted by Crippen LogP contribution is -2.42. The van der Waals surface area contributed by atoms with Crippen LogP contribution in [0.4, 0.5) is 0 Å². The van der Waals surface area contributed by atoms with Crippen molar-refractivity contribution in [3.05, 3.63) is 42.5 Å². The van der Waals surface area contributed by atoms with Crippen molar-refractivity contribution < 1.29 is 9.59 Å². The van der Waals surface area contributed by atoms with E-state index in [1.807, 2.05) is 17.0 Å². The van der Waals surface area contributed by atoms with Crippen LogP contribution in [0.25, 0.3) is 11.4 Å². The summed E-state index contributed by atoms with van der Waals surface area (Å²) in [5.41, 5.74) is 1.31. The second kappa shape index (κ2) is 5.99. The largest absolute Gasteiger partial charge is 0.354 e. The Morgan fingerprint density at radius 3 is 2.58 bits per heavy atom. The minimum atomic E-state index is -0.0970. The standard InChI is InChI=1S/C17H17N5O2/c23-15-7-13-1-2-14(10-19-15)22(13)17(24)12-8-20-16(21-9-12)11-3-5-18-6-4-11/h3-6,8-9,13-14H,1-2,7,10H2,(H,19,23)/t13-,14+/m1/s1. The third-order valence-corrected chi connectivity index (χ3v) is 4.65. The van der Waals surface area contributed by atoms with Gasteiger partial charge in [0.15, 0.2) is 5.82 Å². The lowest BCUT2D eigenvalue weighted by atomic mass is 10.1. The second-order valence-electron chi connectivity index (χ2n) is 6.14. The Morgan fingerprint density at radius 2 is 1.83 bits per heavy atom. The van der Waals surface area contributed by atoms with Crippen LogP contribution in [0.1, 0.15) is 29.6 Å². The third-order valence-electron chi connectivity index (χ3n) is 4.65. The summed E-state index contributed by atoms with van der Waals surface area (Å²) in [4.78, 5) is 39.0. The van der Waals surface area contributed by atoms with E-state index in [2.05, 4.69) is 20.3 Å². The molecule has 7 nitrogen and oxygen atoms in total. The molecule has 4 heterocycles. The first-order chi connectivity index (χ1) is 11.7. The molecule has 7 heteroatoms. The number of fused-ring (bicyclic) bond motifs is 2. The van der Waals surface area contributed by atoms with E-state index in [1.54, 1.807) is 24.8 Å². The van der Waals surface area contributed by atoms with Crippen molar-refractivity contribution in [3.63, 3.8) is 0 Å². The van der Waals surface area contributed by atoms with E-state index in [1.165, 1.54) is 0 Å². The molecule has 2 aliphatic rings. The SMILES string of the molecule is O=C1C[C@H]2CC[C@@H](CN1)N2C(=O)c1cnc(-c2ccncc2)nc1. The van der Waals surface area contributed by atoms with Crippen LogP contribution in [-0.4, -0.2) is 50.3 Å². The Labute approximate surface area is 139 Å². The highest BCUT2D eigenvalue weighted by molar-refractivity contribution is 5.95. The first kappa shape index (κ1) is 14.7. The summed E-state index contributed by atoms with van der Waals surface area (Å²) in [6.45, 7) is 0.525. The molecule has 4 rings (SSSR count). The van der Waals surface area contributed by atoms with Gasteiger partial charge in [0.2, 0.25) is 5.91 Å². The molecule has 2 saturated heterocycles. The molecule has 2 fully saturated rings. The van der Waals surface area contributed by atoms with Crippen molar-refractivity contribution in [2.45, 2.75) is 31.3 Å². The van der Waals surface area contributed by atoms with Gasteiger partial charge < -0.3 is 10.2 Å². The quantitative estimate of drug-likeness (QED) is 0.892. The summed E-state index contributed by atoms with van der Waals surface area (Å²) in [6, 6.07) is 3.69. The number of pyridine rings is 1. The number of hydrogen-bond acceptors (Lipinski definition) is 5. The van der Waals surface area contributed by atoms with Crippen LogP contribution < -0.4 is 5.32 Å². The van der Waals surface area contributed by atoms with E-state index in [-0.39, 0.29) is 23.9 Å². The van der Waals surface area contributed by atoms with Gasteiger partial charge in [-0.3, -0.25) is 14.6 Å². The number of carbonyl (C=O) groups excluding carboxylic acids is 2. The maximum atomic E-state index is 12.9. The van der Waals surface area contributed by atoms with Crippen molar-refractivity contribution in [3.8, 4) is 11.4 Å². The van der Waals surface area contributed by atoms with Gasteiger partial charge in [-0.05, 0) is 25.0 Å². The van der Waals surface area contributed by atoms with Crippen molar-refractivity contribution in [2.75, 3.05) is 6.54 Å². The summed E-state index contributed by atoms with van der Waals surface area (Å²) in [6.07, 6.45) is 8.65. The molecule has 2 aromatic rings. The second-order valence-corrected chi connectivity index (χ2v) is 6.14. The van der Waals surface area contributed by atoms with Crippen LogP contribution in [0.2, 0.25) is 0 Å². The number of amides is 2. The fourth-order valence-electron chi connectivity index (χ4n) is 3.45. The zero-order valence-electron chi connectivity index (χ0n) is 13.1. The first-order valence-corrected chi connectivity index (χ1v) is 8.04. The van der Waals surface area contributed by atoms with Gasteiger partial charge in [-0.15, -0.1) is 0 Å². The molecule has 2 atom stereocenters. The fourth-order valence-corrected chi connectivity index (χ4v) is 3.45. The summed E-state index contributed by atoms with van der Waals surface area (Å²) in [5.74, 6) is 0.481. The number of rotatable bonds is 2. The third kappa shape index (κ3) is 2.62. The summed E-state index contributed by atoms with van der Waals surface area (Å²) in [7, 11) is 0. The van der Waals surface area contributed by atoms with Gasteiger partial charge in [0.25, 0.3) is 5.91 Å². The average Bonchev–Trinajstić information content (AvgIpc) is 2.94. The summed E-state index contributed by atoms with van der Waals surface area (Å²) >= 11 is 0. The molecule has 2 aromatic heterocycles. The van der Waals surface area contributed by atoms with Gasteiger partial charge in [0.05, 0.1) is 5.56 Å². The number of nitrogens with one attached hydrogen (secondary N) is 1. The van der Waals surface area contributed by atoms with E-state index in [9.17, 15) is 9.59 Å². The molecule has 122 valence electrons. The lowest BCUT2D eigenvalue weighted by Gasteiger charge is -2.27. The molecule has 24 heavy (non-hydrogen) atoms. The number of aromatic nitrogens is 3. The predicted molar refractivity (Wildman–Crippen MR) is 85.9 cm³/mol. The zero-order valence-corrected chi connectivity index (χ0v) is 13.1. The first-order valence-electron chi connectivity index (χ1n) is 8.04. The molecule has 2 amide bonds. The molecule has 1 N–H and O–H groups in total. The van der Waals surface area contributed by atoms with E-state index < -0.39 is 0 Å². The molecule has 0 radical (unpaired) electrons. The van der Waals surface area contributed by atoms with Crippen molar-refractivity contribution in [1.29, 1.82) is 0 Å². The van der Waals surface area contributed by atoms with E-state index in [0.29, 0.717) is 24.4 Å².